The van der Waals surface area contributed by atoms with Gasteiger partial charge < -0.3 is 14.5 Å². The Bertz CT molecular complexity index is 935. The van der Waals surface area contributed by atoms with Gasteiger partial charge in [-0.1, -0.05) is 12.1 Å². The summed E-state index contributed by atoms with van der Waals surface area (Å²) < 4.78 is 5.74. The van der Waals surface area contributed by atoms with Crippen LogP contribution in [0.25, 0.3) is 11.6 Å². The molecule has 4 rings (SSSR count). The van der Waals surface area contributed by atoms with Crippen molar-refractivity contribution < 1.29 is 14.3 Å². The summed E-state index contributed by atoms with van der Waals surface area (Å²) in [5.41, 5.74) is 3.20. The van der Waals surface area contributed by atoms with E-state index < -0.39 is 0 Å². The van der Waals surface area contributed by atoms with E-state index in [1.165, 1.54) is 12.1 Å². The van der Waals surface area contributed by atoms with Gasteiger partial charge in [0.15, 0.2) is 5.78 Å². The van der Waals surface area contributed by atoms with Gasteiger partial charge in [0.25, 0.3) is 5.89 Å². The van der Waals surface area contributed by atoms with Gasteiger partial charge in [0.2, 0.25) is 5.89 Å². The average molecular weight is 323 g/mol. The molecule has 0 saturated heterocycles. The van der Waals surface area contributed by atoms with Crippen LogP contribution >= 0.6 is 0 Å². The number of phenols is 1. The quantitative estimate of drug-likeness (QED) is 0.717. The summed E-state index contributed by atoms with van der Waals surface area (Å²) >= 11 is 0. The molecular formula is C18H17N3O3. The molecule has 1 aliphatic rings. The lowest BCUT2D eigenvalue weighted by Crippen LogP contribution is -2.03. The fraction of sp³-hybridized carbons (Fsp3) is 0.278. The van der Waals surface area contributed by atoms with Gasteiger partial charge in [-0.2, -0.15) is 0 Å². The van der Waals surface area contributed by atoms with Crippen LogP contribution in [-0.2, 0) is 0 Å². The van der Waals surface area contributed by atoms with Crippen LogP contribution < -0.4 is 0 Å². The molecule has 0 aliphatic heterocycles. The standard InChI is InChI=1S/C18H17N3O3/c1-9-14(16(23)12-4-3-5-13(22)8-12)10(2)19-15(9)18-21-20-17(24-18)11-6-7-11/h3-5,8,11,19,22H,6-7H2,1-2H3. The van der Waals surface area contributed by atoms with Crippen molar-refractivity contribution in [2.45, 2.75) is 32.6 Å². The predicted molar refractivity (Wildman–Crippen MR) is 87.1 cm³/mol. The summed E-state index contributed by atoms with van der Waals surface area (Å²) in [7, 11) is 0. The highest BCUT2D eigenvalue weighted by Gasteiger charge is 2.30. The fourth-order valence-corrected chi connectivity index (χ4v) is 2.93. The van der Waals surface area contributed by atoms with Crippen LogP contribution in [0, 0.1) is 13.8 Å². The molecule has 0 bridgehead atoms. The van der Waals surface area contributed by atoms with Crippen LogP contribution in [0.5, 0.6) is 5.75 Å². The number of aromatic hydroxyl groups is 1. The summed E-state index contributed by atoms with van der Waals surface area (Å²) in [6.45, 7) is 3.70. The second-order valence-corrected chi connectivity index (χ2v) is 6.22. The third kappa shape index (κ3) is 2.40. The maximum atomic E-state index is 12.8. The Balaban J connectivity index is 1.74. The molecule has 1 aliphatic carbocycles. The molecule has 3 aromatic rings. The van der Waals surface area contributed by atoms with E-state index in [0.717, 1.165) is 24.1 Å². The Morgan fingerprint density at radius 3 is 2.79 bits per heavy atom. The zero-order valence-corrected chi connectivity index (χ0v) is 13.5. The number of phenolic OH excluding ortho intramolecular Hbond substituents is 1. The minimum atomic E-state index is -0.148. The average Bonchev–Trinajstić information content (AvgIpc) is 3.22. The number of carbonyl (C=O) groups excluding carboxylic acids is 1. The number of ketones is 1. The van der Waals surface area contributed by atoms with E-state index in [0.29, 0.717) is 34.5 Å². The van der Waals surface area contributed by atoms with Crippen LogP contribution in [0.2, 0.25) is 0 Å². The van der Waals surface area contributed by atoms with E-state index in [1.807, 2.05) is 13.8 Å². The fourth-order valence-electron chi connectivity index (χ4n) is 2.93. The summed E-state index contributed by atoms with van der Waals surface area (Å²) in [6.07, 6.45) is 2.18. The molecule has 1 saturated carbocycles. The van der Waals surface area contributed by atoms with Crippen molar-refractivity contribution in [3.63, 3.8) is 0 Å². The number of hydrogen-bond donors (Lipinski definition) is 2. The van der Waals surface area contributed by atoms with Gasteiger partial charge in [-0.15, -0.1) is 10.2 Å². The first-order valence-corrected chi connectivity index (χ1v) is 7.91. The van der Waals surface area contributed by atoms with Gasteiger partial charge in [0.05, 0.1) is 0 Å². The van der Waals surface area contributed by atoms with Gasteiger partial charge >= 0.3 is 0 Å². The molecular weight excluding hydrogens is 306 g/mol. The zero-order valence-electron chi connectivity index (χ0n) is 13.5. The largest absolute Gasteiger partial charge is 0.508 e. The molecule has 1 fully saturated rings. The Kier molecular flexibility index (Phi) is 3.26. The van der Waals surface area contributed by atoms with E-state index in [2.05, 4.69) is 15.2 Å². The SMILES string of the molecule is Cc1[nH]c(-c2nnc(C3CC3)o2)c(C)c1C(=O)c1cccc(O)c1. The number of H-pyrrole nitrogens is 1. The van der Waals surface area contributed by atoms with E-state index in [-0.39, 0.29) is 11.5 Å². The lowest BCUT2D eigenvalue weighted by atomic mass is 9.99. The molecule has 0 spiro atoms. The molecule has 0 radical (unpaired) electrons. The highest BCUT2D eigenvalue weighted by atomic mass is 16.4. The smallest absolute Gasteiger partial charge is 0.264 e. The third-order valence-electron chi connectivity index (χ3n) is 4.35. The van der Waals surface area contributed by atoms with E-state index in [4.69, 9.17) is 4.42 Å². The Labute approximate surface area is 138 Å². The van der Waals surface area contributed by atoms with Crippen LogP contribution in [0.15, 0.2) is 28.7 Å². The minimum Gasteiger partial charge on any atom is -0.508 e. The van der Waals surface area contributed by atoms with Crippen molar-refractivity contribution in [3.05, 3.63) is 52.5 Å². The lowest BCUT2D eigenvalue weighted by molar-refractivity contribution is 0.103. The monoisotopic (exact) mass is 323 g/mol. The van der Waals surface area contributed by atoms with Gasteiger partial charge in [-0.3, -0.25) is 4.79 Å². The van der Waals surface area contributed by atoms with Crippen molar-refractivity contribution in [2.24, 2.45) is 0 Å². The number of carbonyl (C=O) groups is 1. The van der Waals surface area contributed by atoms with Crippen molar-refractivity contribution >= 4 is 5.78 Å². The number of rotatable bonds is 4. The number of aromatic nitrogens is 3. The van der Waals surface area contributed by atoms with Crippen LogP contribution in [-0.4, -0.2) is 26.1 Å². The van der Waals surface area contributed by atoms with Crippen LogP contribution in [0.1, 0.15) is 51.8 Å². The number of aryl methyl sites for hydroxylation is 1. The topological polar surface area (TPSA) is 92.0 Å². The van der Waals surface area contributed by atoms with Gasteiger partial charge in [0.1, 0.15) is 11.4 Å². The van der Waals surface area contributed by atoms with Gasteiger partial charge in [-0.25, -0.2) is 0 Å². The second kappa shape index (κ2) is 5.33. The predicted octanol–water partition coefficient (Wildman–Crippen LogP) is 3.50. The molecule has 1 aromatic carbocycles. The van der Waals surface area contributed by atoms with E-state index >= 15 is 0 Å². The Hall–Kier alpha value is -2.89. The van der Waals surface area contributed by atoms with Gasteiger partial charge in [0, 0.05) is 22.7 Å². The number of nitrogens with zero attached hydrogens (tertiary/aromatic N) is 2. The first-order valence-electron chi connectivity index (χ1n) is 7.91. The summed E-state index contributed by atoms with van der Waals surface area (Å²) in [4.78, 5) is 16.0. The molecule has 24 heavy (non-hydrogen) atoms. The summed E-state index contributed by atoms with van der Waals surface area (Å²) in [5.74, 6) is 1.38. The van der Waals surface area contributed by atoms with E-state index in [9.17, 15) is 9.90 Å². The molecule has 2 heterocycles. The Morgan fingerprint density at radius 1 is 1.29 bits per heavy atom. The zero-order chi connectivity index (χ0) is 16.8. The highest BCUT2D eigenvalue weighted by molar-refractivity contribution is 6.11. The van der Waals surface area contributed by atoms with Crippen LogP contribution in [0.4, 0.5) is 0 Å². The summed E-state index contributed by atoms with van der Waals surface area (Å²) in [6, 6.07) is 6.34. The highest BCUT2D eigenvalue weighted by Crippen LogP contribution is 2.40. The van der Waals surface area contributed by atoms with Crippen molar-refractivity contribution in [2.75, 3.05) is 0 Å². The maximum absolute atomic E-state index is 12.8. The first kappa shape index (κ1) is 14.7. The molecule has 0 atom stereocenters. The minimum absolute atomic E-state index is 0.0675. The number of aromatic amines is 1. The third-order valence-corrected chi connectivity index (χ3v) is 4.35. The lowest BCUT2D eigenvalue weighted by Gasteiger charge is -2.03. The second-order valence-electron chi connectivity index (χ2n) is 6.22. The van der Waals surface area contributed by atoms with Crippen molar-refractivity contribution in [3.8, 4) is 17.3 Å². The van der Waals surface area contributed by atoms with Crippen molar-refractivity contribution in [1.82, 2.24) is 15.2 Å². The molecule has 6 nitrogen and oxygen atoms in total. The number of hydrogen-bond acceptors (Lipinski definition) is 5. The molecule has 0 amide bonds. The normalized spacial score (nSPS) is 14.1. The summed E-state index contributed by atoms with van der Waals surface area (Å²) in [5, 5.41) is 17.8. The molecule has 2 aromatic heterocycles. The van der Waals surface area contributed by atoms with Gasteiger partial charge in [-0.05, 0) is 44.4 Å². The molecule has 122 valence electrons. The van der Waals surface area contributed by atoms with E-state index in [1.54, 1.807) is 12.1 Å². The Morgan fingerprint density at radius 2 is 2.08 bits per heavy atom. The molecule has 2 N–H and O–H groups in total. The molecule has 0 unspecified atom stereocenters. The molecule has 6 heteroatoms. The van der Waals surface area contributed by atoms with Crippen molar-refractivity contribution in [1.29, 1.82) is 0 Å². The maximum Gasteiger partial charge on any atom is 0.264 e. The number of nitrogens with one attached hydrogen (secondary N) is 1. The number of benzene rings is 1. The first-order chi connectivity index (χ1) is 11.5. The van der Waals surface area contributed by atoms with Crippen LogP contribution in [0.3, 0.4) is 0 Å².